The molecule has 2 fully saturated rings. The number of hydrogen-bond donors (Lipinski definition) is 1. The van der Waals surface area contributed by atoms with E-state index in [9.17, 15) is 9.90 Å². The fraction of sp³-hybridized carbons (Fsp3) is 0.944. The Balaban J connectivity index is 1.91. The van der Waals surface area contributed by atoms with Crippen LogP contribution in [0.5, 0.6) is 0 Å². The smallest absolute Gasteiger partial charge is 0.309 e. The van der Waals surface area contributed by atoms with Crippen LogP contribution in [0.3, 0.4) is 0 Å². The van der Waals surface area contributed by atoms with Crippen molar-refractivity contribution in [3.63, 3.8) is 0 Å². The van der Waals surface area contributed by atoms with E-state index in [-0.39, 0.29) is 11.0 Å². The summed E-state index contributed by atoms with van der Waals surface area (Å²) in [5, 5.41) is 9.50. The summed E-state index contributed by atoms with van der Waals surface area (Å²) in [5.41, 5.74) is -0.0527. The highest BCUT2D eigenvalue weighted by atomic mass is 16.5. The van der Waals surface area contributed by atoms with E-state index in [1.165, 1.54) is 0 Å². The zero-order valence-corrected chi connectivity index (χ0v) is 14.4. The zero-order valence-electron chi connectivity index (χ0n) is 14.4. The van der Waals surface area contributed by atoms with Gasteiger partial charge >= 0.3 is 5.97 Å². The van der Waals surface area contributed by atoms with E-state index in [0.717, 1.165) is 51.6 Å². The average molecular weight is 296 g/mol. The van der Waals surface area contributed by atoms with Crippen molar-refractivity contribution in [1.29, 1.82) is 0 Å². The van der Waals surface area contributed by atoms with Crippen LogP contribution >= 0.6 is 0 Å². The van der Waals surface area contributed by atoms with E-state index in [1.54, 1.807) is 0 Å². The van der Waals surface area contributed by atoms with Crippen molar-refractivity contribution >= 4 is 5.97 Å². The maximum Gasteiger partial charge on any atom is 0.309 e. The van der Waals surface area contributed by atoms with Gasteiger partial charge in [-0.25, -0.2) is 0 Å². The summed E-state index contributed by atoms with van der Waals surface area (Å²) >= 11 is 0. The van der Waals surface area contributed by atoms with Crippen molar-refractivity contribution in [3.05, 3.63) is 0 Å². The first kappa shape index (κ1) is 16.8. The van der Waals surface area contributed by atoms with Gasteiger partial charge in [-0.3, -0.25) is 4.79 Å². The minimum atomic E-state index is -0.576. The molecule has 21 heavy (non-hydrogen) atoms. The van der Waals surface area contributed by atoms with Crippen LogP contribution in [0.15, 0.2) is 0 Å². The SMILES string of the molecule is CC(C)(C)CCOC(C)(C)CC12CCC(C(=O)O)(CC1)C2. The summed E-state index contributed by atoms with van der Waals surface area (Å²) in [6.45, 7) is 11.8. The molecule has 3 nitrogen and oxygen atoms in total. The number of hydrogen-bond acceptors (Lipinski definition) is 2. The Kier molecular flexibility index (Phi) is 4.20. The summed E-state index contributed by atoms with van der Waals surface area (Å²) in [6.07, 6.45) is 6.76. The minimum Gasteiger partial charge on any atom is -0.481 e. The normalized spacial score (nSPS) is 32.6. The molecular formula is C18H32O3. The summed E-state index contributed by atoms with van der Waals surface area (Å²) in [4.78, 5) is 11.5. The predicted molar refractivity (Wildman–Crippen MR) is 84.3 cm³/mol. The molecular weight excluding hydrogens is 264 g/mol. The molecule has 0 saturated heterocycles. The highest BCUT2D eigenvalue weighted by Crippen LogP contribution is 2.64. The molecule has 1 N–H and O–H groups in total. The highest BCUT2D eigenvalue weighted by Gasteiger charge is 2.59. The van der Waals surface area contributed by atoms with Gasteiger partial charge in [0.15, 0.2) is 0 Å². The topological polar surface area (TPSA) is 46.5 Å². The number of fused-ring (bicyclic) bond motifs is 2. The molecule has 0 spiro atoms. The maximum atomic E-state index is 11.5. The Morgan fingerprint density at radius 3 is 2.10 bits per heavy atom. The maximum absolute atomic E-state index is 11.5. The van der Waals surface area contributed by atoms with Crippen molar-refractivity contribution in [2.24, 2.45) is 16.2 Å². The third-order valence-electron chi connectivity index (χ3n) is 5.58. The predicted octanol–water partition coefficient (Wildman–Crippen LogP) is 4.64. The van der Waals surface area contributed by atoms with Crippen molar-refractivity contribution in [2.45, 2.75) is 85.2 Å². The molecule has 0 heterocycles. The quantitative estimate of drug-likeness (QED) is 0.776. The zero-order chi connectivity index (χ0) is 15.9. The Morgan fingerprint density at radius 2 is 1.67 bits per heavy atom. The molecule has 2 rings (SSSR count). The van der Waals surface area contributed by atoms with Crippen molar-refractivity contribution in [2.75, 3.05) is 6.61 Å². The van der Waals surface area contributed by atoms with Crippen molar-refractivity contribution < 1.29 is 14.6 Å². The molecule has 3 heteroatoms. The number of carbonyl (C=O) groups is 1. The fourth-order valence-corrected chi connectivity index (χ4v) is 4.45. The fourth-order valence-electron chi connectivity index (χ4n) is 4.45. The third kappa shape index (κ3) is 3.80. The number of aliphatic carboxylic acids is 1. The second kappa shape index (κ2) is 5.26. The van der Waals surface area contributed by atoms with Gasteiger partial charge in [-0.2, -0.15) is 0 Å². The first-order chi connectivity index (χ1) is 9.48. The number of ether oxygens (including phenoxy) is 1. The van der Waals surface area contributed by atoms with Crippen LogP contribution in [0.1, 0.15) is 79.6 Å². The van der Waals surface area contributed by atoms with Crippen LogP contribution in [0.25, 0.3) is 0 Å². The molecule has 0 aromatic carbocycles. The van der Waals surface area contributed by atoms with Gasteiger partial charge in [0, 0.05) is 6.61 Å². The standard InChI is InChI=1S/C18H32O3/c1-15(2,3)10-11-21-16(4,5)12-17-6-8-18(13-17,9-7-17)14(19)20/h6-13H2,1-5H3,(H,19,20). The molecule has 2 aliphatic carbocycles. The van der Waals surface area contributed by atoms with E-state index >= 15 is 0 Å². The van der Waals surface area contributed by atoms with E-state index in [4.69, 9.17) is 4.74 Å². The Labute approximate surface area is 129 Å². The van der Waals surface area contributed by atoms with Crippen LogP contribution in [-0.2, 0) is 9.53 Å². The van der Waals surface area contributed by atoms with E-state index in [0.29, 0.717) is 5.41 Å². The lowest BCUT2D eigenvalue weighted by molar-refractivity contribution is -0.148. The molecule has 0 radical (unpaired) electrons. The molecule has 0 aliphatic heterocycles. The molecule has 122 valence electrons. The van der Waals surface area contributed by atoms with E-state index in [2.05, 4.69) is 34.6 Å². The van der Waals surface area contributed by atoms with Crippen LogP contribution < -0.4 is 0 Å². The van der Waals surface area contributed by atoms with Crippen LogP contribution in [0, 0.1) is 16.2 Å². The monoisotopic (exact) mass is 296 g/mol. The third-order valence-corrected chi connectivity index (χ3v) is 5.58. The Hall–Kier alpha value is -0.570. The molecule has 2 saturated carbocycles. The van der Waals surface area contributed by atoms with E-state index in [1.807, 2.05) is 0 Å². The second-order valence-corrected chi connectivity index (χ2v) is 9.36. The van der Waals surface area contributed by atoms with Crippen molar-refractivity contribution in [3.8, 4) is 0 Å². The molecule has 2 bridgehead atoms. The lowest BCUT2D eigenvalue weighted by Gasteiger charge is -2.36. The molecule has 0 atom stereocenters. The van der Waals surface area contributed by atoms with Gasteiger partial charge in [-0.15, -0.1) is 0 Å². The summed E-state index contributed by atoms with van der Waals surface area (Å²) < 4.78 is 6.16. The first-order valence-corrected chi connectivity index (χ1v) is 8.35. The summed E-state index contributed by atoms with van der Waals surface area (Å²) in [5.74, 6) is -0.576. The minimum absolute atomic E-state index is 0.149. The molecule has 0 amide bonds. The molecule has 0 unspecified atom stereocenters. The van der Waals surface area contributed by atoms with Crippen LogP contribution in [0.4, 0.5) is 0 Å². The van der Waals surface area contributed by atoms with Gasteiger partial charge in [0.25, 0.3) is 0 Å². The number of rotatable bonds is 6. The molecule has 0 aromatic rings. The van der Waals surface area contributed by atoms with Gasteiger partial charge < -0.3 is 9.84 Å². The number of carboxylic acid groups (broad SMARTS) is 1. The van der Waals surface area contributed by atoms with Crippen LogP contribution in [-0.4, -0.2) is 23.3 Å². The summed E-state index contributed by atoms with van der Waals surface area (Å²) in [7, 11) is 0. The largest absolute Gasteiger partial charge is 0.481 e. The first-order valence-electron chi connectivity index (χ1n) is 8.35. The van der Waals surface area contributed by atoms with Gasteiger partial charge in [0.2, 0.25) is 0 Å². The lowest BCUT2D eigenvalue weighted by Crippen LogP contribution is -2.33. The van der Waals surface area contributed by atoms with Crippen LogP contribution in [0.2, 0.25) is 0 Å². The Bertz CT molecular complexity index is 395. The van der Waals surface area contributed by atoms with Gasteiger partial charge in [0.1, 0.15) is 0 Å². The van der Waals surface area contributed by atoms with Crippen molar-refractivity contribution in [1.82, 2.24) is 0 Å². The Morgan fingerprint density at radius 1 is 1.10 bits per heavy atom. The average Bonchev–Trinajstić information content (AvgIpc) is 2.82. The van der Waals surface area contributed by atoms with Gasteiger partial charge in [-0.1, -0.05) is 20.8 Å². The lowest BCUT2D eigenvalue weighted by atomic mass is 9.75. The van der Waals surface area contributed by atoms with E-state index < -0.39 is 11.4 Å². The molecule has 0 aromatic heterocycles. The highest BCUT2D eigenvalue weighted by molar-refractivity contribution is 5.75. The second-order valence-electron chi connectivity index (χ2n) is 9.36. The summed E-state index contributed by atoms with van der Waals surface area (Å²) in [6, 6.07) is 0. The van der Waals surface area contributed by atoms with Gasteiger partial charge in [-0.05, 0) is 69.6 Å². The molecule has 2 aliphatic rings. The van der Waals surface area contributed by atoms with Gasteiger partial charge in [0.05, 0.1) is 11.0 Å². The number of carboxylic acids is 1.